The summed E-state index contributed by atoms with van der Waals surface area (Å²) >= 11 is 1.58. The van der Waals surface area contributed by atoms with Gasteiger partial charge >= 0.3 is 0 Å². The van der Waals surface area contributed by atoms with Crippen molar-refractivity contribution in [3.8, 4) is 22.6 Å². The monoisotopic (exact) mass is 307 g/mol. The lowest BCUT2D eigenvalue weighted by Crippen LogP contribution is -2.30. The number of carbonyl (C=O) groups excluding carboxylic acids is 1. The number of rotatable bonds is 5. The SMILES string of the molecule is N#CCN(CC#N)C(=O)/C=C/c1ccc(-c2ccccc2)s1. The van der Waals surface area contributed by atoms with Gasteiger partial charge in [-0.1, -0.05) is 30.3 Å². The van der Waals surface area contributed by atoms with E-state index in [-0.39, 0.29) is 19.0 Å². The zero-order valence-corrected chi connectivity index (χ0v) is 12.6. The van der Waals surface area contributed by atoms with Crippen LogP contribution in [0.25, 0.3) is 16.5 Å². The van der Waals surface area contributed by atoms with E-state index in [2.05, 4.69) is 0 Å². The lowest BCUT2D eigenvalue weighted by Gasteiger charge is -2.12. The summed E-state index contributed by atoms with van der Waals surface area (Å²) in [6.45, 7) is -0.174. The van der Waals surface area contributed by atoms with Crippen LogP contribution in [0.5, 0.6) is 0 Å². The van der Waals surface area contributed by atoms with Gasteiger partial charge in [0.2, 0.25) is 5.91 Å². The maximum Gasteiger partial charge on any atom is 0.248 e. The summed E-state index contributed by atoms with van der Waals surface area (Å²) < 4.78 is 0. The van der Waals surface area contributed by atoms with Gasteiger partial charge in [-0.2, -0.15) is 10.5 Å². The fourth-order valence-corrected chi connectivity index (χ4v) is 2.76. The van der Waals surface area contributed by atoms with E-state index in [1.165, 1.54) is 11.0 Å². The van der Waals surface area contributed by atoms with E-state index in [1.54, 1.807) is 17.4 Å². The molecule has 0 bridgehead atoms. The highest BCUT2D eigenvalue weighted by Gasteiger charge is 2.09. The Morgan fingerprint density at radius 2 is 1.77 bits per heavy atom. The van der Waals surface area contributed by atoms with E-state index in [0.29, 0.717) is 0 Å². The van der Waals surface area contributed by atoms with Crippen molar-refractivity contribution in [1.29, 1.82) is 10.5 Å². The molecule has 0 unspecified atom stereocenters. The summed E-state index contributed by atoms with van der Waals surface area (Å²) in [6, 6.07) is 17.7. The molecule has 0 spiro atoms. The first-order chi connectivity index (χ1) is 10.7. The van der Waals surface area contributed by atoms with Gasteiger partial charge in [0.1, 0.15) is 13.1 Å². The zero-order valence-electron chi connectivity index (χ0n) is 11.8. The Labute approximate surface area is 133 Å². The number of benzene rings is 1. The molecule has 0 aliphatic rings. The highest BCUT2D eigenvalue weighted by atomic mass is 32.1. The smallest absolute Gasteiger partial charge is 0.248 e. The Balaban J connectivity index is 2.08. The van der Waals surface area contributed by atoms with Crippen LogP contribution in [0, 0.1) is 22.7 Å². The average Bonchev–Trinajstić information content (AvgIpc) is 3.02. The summed E-state index contributed by atoms with van der Waals surface area (Å²) in [5.74, 6) is -0.335. The summed E-state index contributed by atoms with van der Waals surface area (Å²) in [5.41, 5.74) is 1.13. The predicted octanol–water partition coefficient (Wildman–Crippen LogP) is 3.30. The normalized spacial score (nSPS) is 10.1. The van der Waals surface area contributed by atoms with Crippen LogP contribution in [-0.4, -0.2) is 23.9 Å². The van der Waals surface area contributed by atoms with Crippen molar-refractivity contribution in [2.24, 2.45) is 0 Å². The molecule has 22 heavy (non-hydrogen) atoms. The van der Waals surface area contributed by atoms with Gasteiger partial charge in [-0.05, 0) is 23.8 Å². The lowest BCUT2D eigenvalue weighted by molar-refractivity contribution is -0.124. The van der Waals surface area contributed by atoms with Gasteiger partial charge in [0.25, 0.3) is 0 Å². The molecule has 0 aliphatic carbocycles. The highest BCUT2D eigenvalue weighted by Crippen LogP contribution is 2.28. The Hall–Kier alpha value is -2.89. The van der Waals surface area contributed by atoms with Crippen LogP contribution in [0.4, 0.5) is 0 Å². The first-order valence-electron chi connectivity index (χ1n) is 6.60. The first-order valence-corrected chi connectivity index (χ1v) is 7.42. The molecule has 1 aromatic heterocycles. The van der Waals surface area contributed by atoms with E-state index in [1.807, 2.05) is 54.6 Å². The van der Waals surface area contributed by atoms with E-state index < -0.39 is 0 Å². The van der Waals surface area contributed by atoms with E-state index in [9.17, 15) is 4.79 Å². The molecule has 2 aromatic rings. The van der Waals surface area contributed by atoms with Crippen LogP contribution >= 0.6 is 11.3 Å². The van der Waals surface area contributed by atoms with Crippen molar-refractivity contribution in [1.82, 2.24) is 4.90 Å². The maximum atomic E-state index is 11.9. The molecule has 5 heteroatoms. The minimum atomic E-state index is -0.335. The van der Waals surface area contributed by atoms with E-state index in [4.69, 9.17) is 10.5 Å². The third-order valence-corrected chi connectivity index (χ3v) is 4.01. The molecule has 0 atom stereocenters. The molecular formula is C17H13N3OS. The van der Waals surface area contributed by atoms with Gasteiger partial charge in [-0.15, -0.1) is 11.3 Å². The number of hydrogen-bond donors (Lipinski definition) is 0. The third-order valence-electron chi connectivity index (χ3n) is 2.91. The topological polar surface area (TPSA) is 67.9 Å². The molecule has 1 amide bonds. The standard InChI is InChI=1S/C17H13N3OS/c18-10-12-20(13-11-19)17(21)9-7-15-6-8-16(22-15)14-4-2-1-3-5-14/h1-9H,12-13H2/b9-7+. The van der Waals surface area contributed by atoms with Crippen molar-refractivity contribution in [2.75, 3.05) is 13.1 Å². The second-order valence-corrected chi connectivity index (χ2v) is 5.53. The minimum Gasteiger partial charge on any atom is -0.313 e. The minimum absolute atomic E-state index is 0.0869. The molecule has 0 radical (unpaired) electrons. The average molecular weight is 307 g/mol. The Kier molecular flexibility index (Phi) is 5.48. The number of hydrogen-bond acceptors (Lipinski definition) is 4. The Morgan fingerprint density at radius 3 is 2.41 bits per heavy atom. The van der Waals surface area contributed by atoms with Crippen LogP contribution in [0.2, 0.25) is 0 Å². The summed E-state index contributed by atoms with van der Waals surface area (Å²) in [5, 5.41) is 17.3. The molecule has 0 saturated carbocycles. The summed E-state index contributed by atoms with van der Waals surface area (Å²) in [4.78, 5) is 15.2. The Bertz CT molecular complexity index is 734. The molecule has 2 rings (SSSR count). The van der Waals surface area contributed by atoms with Crippen molar-refractivity contribution in [2.45, 2.75) is 0 Å². The van der Waals surface area contributed by atoms with Crippen molar-refractivity contribution in [3.63, 3.8) is 0 Å². The molecule has 0 saturated heterocycles. The van der Waals surface area contributed by atoms with Gasteiger partial charge < -0.3 is 4.90 Å². The fourth-order valence-electron chi connectivity index (χ4n) is 1.84. The number of thiophene rings is 1. The number of carbonyl (C=O) groups is 1. The van der Waals surface area contributed by atoms with Crippen LogP contribution in [-0.2, 0) is 4.79 Å². The summed E-state index contributed by atoms with van der Waals surface area (Å²) in [7, 11) is 0. The van der Waals surface area contributed by atoms with Gasteiger partial charge in [-0.3, -0.25) is 4.79 Å². The van der Waals surface area contributed by atoms with Crippen molar-refractivity contribution >= 4 is 23.3 Å². The van der Waals surface area contributed by atoms with Gasteiger partial charge in [0, 0.05) is 15.8 Å². The van der Waals surface area contributed by atoms with Crippen LogP contribution in [0.1, 0.15) is 4.88 Å². The highest BCUT2D eigenvalue weighted by molar-refractivity contribution is 7.16. The second-order valence-electron chi connectivity index (χ2n) is 4.41. The first kappa shape index (κ1) is 15.5. The van der Waals surface area contributed by atoms with Gasteiger partial charge in [0.05, 0.1) is 12.1 Å². The van der Waals surface area contributed by atoms with Crippen molar-refractivity contribution < 1.29 is 4.79 Å². The van der Waals surface area contributed by atoms with Crippen LogP contribution in [0.3, 0.4) is 0 Å². The molecule has 4 nitrogen and oxygen atoms in total. The molecule has 1 aromatic carbocycles. The zero-order chi connectivity index (χ0) is 15.8. The van der Waals surface area contributed by atoms with Gasteiger partial charge in [0.15, 0.2) is 0 Å². The number of amides is 1. The molecule has 1 heterocycles. The quantitative estimate of drug-likeness (QED) is 0.628. The van der Waals surface area contributed by atoms with E-state index >= 15 is 0 Å². The number of nitrogens with zero attached hydrogens (tertiary/aromatic N) is 3. The largest absolute Gasteiger partial charge is 0.313 e. The predicted molar refractivity (Wildman–Crippen MR) is 86.6 cm³/mol. The van der Waals surface area contributed by atoms with Crippen LogP contribution in [0.15, 0.2) is 48.5 Å². The van der Waals surface area contributed by atoms with Crippen LogP contribution < -0.4 is 0 Å². The third kappa shape index (κ3) is 4.05. The molecule has 0 fully saturated rings. The lowest BCUT2D eigenvalue weighted by atomic mass is 10.2. The molecule has 0 N–H and O–H groups in total. The molecule has 108 valence electrons. The van der Waals surface area contributed by atoms with Crippen molar-refractivity contribution in [3.05, 3.63) is 53.4 Å². The maximum absolute atomic E-state index is 11.9. The second kappa shape index (κ2) is 7.78. The molecule has 0 aliphatic heterocycles. The fraction of sp³-hybridized carbons (Fsp3) is 0.118. The Morgan fingerprint density at radius 1 is 1.09 bits per heavy atom. The summed E-state index contributed by atoms with van der Waals surface area (Å²) in [6.07, 6.45) is 3.11. The number of nitriles is 2. The molecular weight excluding hydrogens is 294 g/mol. The van der Waals surface area contributed by atoms with Gasteiger partial charge in [-0.25, -0.2) is 0 Å². The van der Waals surface area contributed by atoms with E-state index in [0.717, 1.165) is 15.3 Å².